The van der Waals surface area contributed by atoms with Gasteiger partial charge in [0.25, 0.3) is 0 Å². The van der Waals surface area contributed by atoms with Gasteiger partial charge in [0.05, 0.1) is 17.2 Å². The van der Waals surface area contributed by atoms with Gasteiger partial charge in [-0.05, 0) is 19.9 Å². The van der Waals surface area contributed by atoms with Crippen molar-refractivity contribution < 1.29 is 22.7 Å². The highest BCUT2D eigenvalue weighted by atomic mass is 35.5. The maximum Gasteiger partial charge on any atom is 0.417 e. The smallest absolute Gasteiger partial charge is 0.417 e. The van der Waals surface area contributed by atoms with E-state index in [0.717, 1.165) is 6.07 Å². The number of ether oxygens (including phenoxy) is 1. The minimum absolute atomic E-state index is 0.112. The molecule has 1 rings (SSSR count). The first-order chi connectivity index (χ1) is 10.7. The van der Waals surface area contributed by atoms with E-state index in [0.29, 0.717) is 31.6 Å². The Bertz CT molecular complexity index is 577. The van der Waals surface area contributed by atoms with E-state index in [9.17, 15) is 18.0 Å². The first-order valence-corrected chi connectivity index (χ1v) is 7.17. The molecule has 1 aromatic heterocycles. The van der Waals surface area contributed by atoms with Gasteiger partial charge in [-0.1, -0.05) is 11.6 Å². The van der Waals surface area contributed by atoms with Gasteiger partial charge in [-0.2, -0.15) is 13.2 Å². The predicted molar refractivity (Wildman–Crippen MR) is 81.1 cm³/mol. The van der Waals surface area contributed by atoms with Crippen molar-refractivity contribution >= 4 is 23.4 Å². The van der Waals surface area contributed by atoms with Crippen LogP contribution in [0.1, 0.15) is 19.4 Å². The largest absolute Gasteiger partial charge is 0.463 e. The van der Waals surface area contributed by atoms with Gasteiger partial charge in [0.15, 0.2) is 0 Å². The summed E-state index contributed by atoms with van der Waals surface area (Å²) in [6.45, 7) is 4.47. The van der Waals surface area contributed by atoms with E-state index >= 15 is 0 Å². The molecule has 0 bridgehead atoms. The second-order valence-corrected chi connectivity index (χ2v) is 4.89. The SMILES string of the molecule is CCOC(=O)/C=C(/C)NCCNc1ncc(C(F)(F)F)cc1Cl. The van der Waals surface area contributed by atoms with Crippen molar-refractivity contribution in [2.75, 3.05) is 25.0 Å². The second-order valence-electron chi connectivity index (χ2n) is 4.49. The second kappa shape index (κ2) is 8.61. The lowest BCUT2D eigenvalue weighted by atomic mass is 10.3. The van der Waals surface area contributed by atoms with Crippen LogP contribution in [0.15, 0.2) is 24.0 Å². The Kier molecular flexibility index (Phi) is 7.15. The van der Waals surface area contributed by atoms with E-state index < -0.39 is 17.7 Å². The summed E-state index contributed by atoms with van der Waals surface area (Å²) < 4.78 is 42.2. The number of allylic oxidation sites excluding steroid dienone is 1. The van der Waals surface area contributed by atoms with Gasteiger partial charge in [-0.3, -0.25) is 0 Å². The molecule has 0 aliphatic heterocycles. The Morgan fingerprint density at radius 3 is 2.70 bits per heavy atom. The summed E-state index contributed by atoms with van der Waals surface area (Å²) in [5, 5.41) is 5.64. The van der Waals surface area contributed by atoms with E-state index in [1.807, 2.05) is 0 Å². The number of esters is 1. The van der Waals surface area contributed by atoms with E-state index in [4.69, 9.17) is 16.3 Å². The molecule has 1 heterocycles. The van der Waals surface area contributed by atoms with Crippen molar-refractivity contribution in [2.24, 2.45) is 0 Å². The number of carbonyl (C=O) groups excluding carboxylic acids is 1. The summed E-state index contributed by atoms with van der Waals surface area (Å²) in [7, 11) is 0. The fraction of sp³-hybridized carbons (Fsp3) is 0.429. The fourth-order valence-electron chi connectivity index (χ4n) is 1.58. The van der Waals surface area contributed by atoms with Crippen LogP contribution < -0.4 is 10.6 Å². The van der Waals surface area contributed by atoms with E-state index in [-0.39, 0.29) is 10.8 Å². The molecular formula is C14H17ClF3N3O2. The topological polar surface area (TPSA) is 63.2 Å². The first kappa shape index (κ1) is 19.1. The van der Waals surface area contributed by atoms with Gasteiger partial charge in [-0.15, -0.1) is 0 Å². The number of anilines is 1. The van der Waals surface area contributed by atoms with Gasteiger partial charge in [-0.25, -0.2) is 9.78 Å². The monoisotopic (exact) mass is 351 g/mol. The Labute approximate surface area is 136 Å². The number of carbonyl (C=O) groups is 1. The van der Waals surface area contributed by atoms with Crippen LogP contribution in [0, 0.1) is 0 Å². The molecule has 0 aromatic carbocycles. The maximum absolute atomic E-state index is 12.5. The summed E-state index contributed by atoms with van der Waals surface area (Å²) in [6, 6.07) is 0.816. The van der Waals surface area contributed by atoms with E-state index in [1.54, 1.807) is 13.8 Å². The molecule has 23 heavy (non-hydrogen) atoms. The normalized spacial score (nSPS) is 12.0. The van der Waals surface area contributed by atoms with Crippen molar-refractivity contribution in [3.63, 3.8) is 0 Å². The predicted octanol–water partition coefficient (Wildman–Crippen LogP) is 3.22. The Balaban J connectivity index is 2.46. The molecule has 128 valence electrons. The molecule has 0 saturated carbocycles. The van der Waals surface area contributed by atoms with Gasteiger partial charge in [0.2, 0.25) is 0 Å². The molecule has 9 heteroatoms. The number of hydrogen-bond donors (Lipinski definition) is 2. The standard InChI is InChI=1S/C14H17ClF3N3O2/c1-3-23-12(22)6-9(2)19-4-5-20-13-11(15)7-10(8-21-13)14(16,17)18/h6-8,19H,3-5H2,1-2H3,(H,20,21)/b9-6-. The molecule has 0 spiro atoms. The molecular weight excluding hydrogens is 335 g/mol. The first-order valence-electron chi connectivity index (χ1n) is 6.79. The molecule has 0 amide bonds. The lowest BCUT2D eigenvalue weighted by molar-refractivity contribution is -0.138. The lowest BCUT2D eigenvalue weighted by Gasteiger charge is -2.11. The van der Waals surface area contributed by atoms with Crippen molar-refractivity contribution in [2.45, 2.75) is 20.0 Å². The number of halogens is 4. The minimum Gasteiger partial charge on any atom is -0.463 e. The molecule has 0 fully saturated rings. The molecule has 5 nitrogen and oxygen atoms in total. The van der Waals surface area contributed by atoms with Crippen LogP contribution >= 0.6 is 11.6 Å². The molecule has 0 unspecified atom stereocenters. The Morgan fingerprint density at radius 2 is 2.13 bits per heavy atom. The van der Waals surface area contributed by atoms with Crippen molar-refractivity contribution in [3.8, 4) is 0 Å². The van der Waals surface area contributed by atoms with Crippen LogP contribution in [0.3, 0.4) is 0 Å². The van der Waals surface area contributed by atoms with Gasteiger partial charge >= 0.3 is 12.1 Å². The number of nitrogens with one attached hydrogen (secondary N) is 2. The Morgan fingerprint density at radius 1 is 1.43 bits per heavy atom. The third kappa shape index (κ3) is 6.77. The molecule has 0 saturated heterocycles. The molecule has 1 aromatic rings. The van der Waals surface area contributed by atoms with Crippen LogP contribution in [-0.2, 0) is 15.7 Å². The number of nitrogens with zero attached hydrogens (tertiary/aromatic N) is 1. The molecule has 0 aliphatic rings. The number of alkyl halides is 3. The van der Waals surface area contributed by atoms with E-state index in [2.05, 4.69) is 15.6 Å². The lowest BCUT2D eigenvalue weighted by Crippen LogP contribution is -2.22. The number of rotatable bonds is 7. The van der Waals surface area contributed by atoms with Gasteiger partial charge < -0.3 is 15.4 Å². The molecule has 0 aliphatic carbocycles. The summed E-state index contributed by atoms with van der Waals surface area (Å²) >= 11 is 5.76. The summed E-state index contributed by atoms with van der Waals surface area (Å²) in [6.07, 6.45) is -2.45. The van der Waals surface area contributed by atoms with Crippen molar-refractivity contribution in [3.05, 3.63) is 34.6 Å². The summed E-state index contributed by atoms with van der Waals surface area (Å²) in [5.74, 6) is -0.286. The van der Waals surface area contributed by atoms with Crippen LogP contribution in [0.4, 0.5) is 19.0 Å². The molecule has 0 radical (unpaired) electrons. The third-order valence-corrected chi connectivity index (χ3v) is 2.90. The zero-order valence-corrected chi connectivity index (χ0v) is 13.4. The highest BCUT2D eigenvalue weighted by Gasteiger charge is 2.31. The zero-order valence-electron chi connectivity index (χ0n) is 12.6. The Hall–Kier alpha value is -1.96. The summed E-state index contributed by atoms with van der Waals surface area (Å²) in [4.78, 5) is 14.8. The third-order valence-electron chi connectivity index (χ3n) is 2.61. The average Bonchev–Trinajstić information content (AvgIpc) is 2.44. The fourth-order valence-corrected chi connectivity index (χ4v) is 1.81. The van der Waals surface area contributed by atoms with Crippen LogP contribution in [0.5, 0.6) is 0 Å². The number of hydrogen-bond acceptors (Lipinski definition) is 5. The minimum atomic E-state index is -4.48. The van der Waals surface area contributed by atoms with Crippen molar-refractivity contribution in [1.82, 2.24) is 10.3 Å². The maximum atomic E-state index is 12.5. The van der Waals surface area contributed by atoms with Gasteiger partial charge in [0, 0.05) is 31.1 Å². The van der Waals surface area contributed by atoms with Crippen LogP contribution in [-0.4, -0.2) is 30.6 Å². The highest BCUT2D eigenvalue weighted by Crippen LogP contribution is 2.32. The van der Waals surface area contributed by atoms with Crippen LogP contribution in [0.2, 0.25) is 5.02 Å². The van der Waals surface area contributed by atoms with Gasteiger partial charge in [0.1, 0.15) is 5.82 Å². The zero-order chi connectivity index (χ0) is 17.5. The number of aromatic nitrogens is 1. The van der Waals surface area contributed by atoms with Crippen LogP contribution in [0.25, 0.3) is 0 Å². The van der Waals surface area contributed by atoms with Crippen molar-refractivity contribution in [1.29, 1.82) is 0 Å². The quantitative estimate of drug-likeness (QED) is 0.448. The highest BCUT2D eigenvalue weighted by molar-refractivity contribution is 6.32. The summed E-state index contributed by atoms with van der Waals surface area (Å²) in [5.41, 5.74) is -0.295. The molecule has 2 N–H and O–H groups in total. The number of pyridine rings is 1. The average molecular weight is 352 g/mol. The van der Waals surface area contributed by atoms with E-state index in [1.165, 1.54) is 6.08 Å². The molecule has 0 atom stereocenters.